The van der Waals surface area contributed by atoms with Gasteiger partial charge in [0, 0.05) is 12.2 Å². The average Bonchev–Trinajstić information content (AvgIpc) is 2.65. The highest BCUT2D eigenvalue weighted by Gasteiger charge is 2.28. The van der Waals surface area contributed by atoms with E-state index in [1.165, 1.54) is 0 Å². The maximum atomic E-state index is 12.2. The molecule has 1 unspecified atom stereocenters. The van der Waals surface area contributed by atoms with Crippen molar-refractivity contribution in [2.45, 2.75) is 19.2 Å². The Balaban J connectivity index is 2.53. The Kier molecular flexibility index (Phi) is 5.86. The molecule has 16 heavy (non-hydrogen) atoms. The van der Waals surface area contributed by atoms with Crippen LogP contribution in [0.5, 0.6) is 0 Å². The van der Waals surface area contributed by atoms with Crippen molar-refractivity contribution in [3.05, 3.63) is 11.1 Å². The van der Waals surface area contributed by atoms with Crippen LogP contribution in [0, 0.1) is 0 Å². The van der Waals surface area contributed by atoms with Crippen LogP contribution in [0.4, 0.5) is 0 Å². The third-order valence-corrected chi connectivity index (χ3v) is 5.04. The first-order valence-corrected chi connectivity index (χ1v) is 8.00. The number of allylic oxidation sites excluding steroid dienone is 1. The van der Waals surface area contributed by atoms with E-state index in [-0.39, 0.29) is 11.5 Å². The van der Waals surface area contributed by atoms with E-state index in [2.05, 4.69) is 5.32 Å². The molecule has 0 radical (unpaired) electrons. The minimum absolute atomic E-state index is 0.173. The van der Waals surface area contributed by atoms with Crippen molar-refractivity contribution in [1.29, 1.82) is 0 Å². The maximum absolute atomic E-state index is 12.2. The zero-order valence-corrected chi connectivity index (χ0v) is 11.4. The fraction of sp³-hybridized carbons (Fsp3) is 0.778. The summed E-state index contributed by atoms with van der Waals surface area (Å²) in [5.41, 5.74) is 6.41. The molecule has 0 amide bonds. The minimum Gasteiger partial charge on any atom is -0.374 e. The molecule has 5 nitrogen and oxygen atoms in total. The van der Waals surface area contributed by atoms with Crippen LogP contribution in [0.15, 0.2) is 11.1 Å². The summed E-state index contributed by atoms with van der Waals surface area (Å²) in [6, 6.07) is 0. The standard InChI is InChI=1S/C9H19N2O3PS/c1-3-13-15(12,14-4-2)6-8-7-16-9(5-10)11-8/h7,9,11H,3-6,10H2,1-2H3. The van der Waals surface area contributed by atoms with Crippen LogP contribution >= 0.6 is 19.4 Å². The van der Waals surface area contributed by atoms with Crippen molar-refractivity contribution in [1.82, 2.24) is 5.32 Å². The topological polar surface area (TPSA) is 73.6 Å². The maximum Gasteiger partial charge on any atom is 0.336 e. The summed E-state index contributed by atoms with van der Waals surface area (Å²) in [7, 11) is -2.99. The van der Waals surface area contributed by atoms with Crippen LogP contribution in [0.3, 0.4) is 0 Å². The molecule has 3 N–H and O–H groups in total. The van der Waals surface area contributed by atoms with Gasteiger partial charge in [-0.1, -0.05) is 0 Å². The first-order chi connectivity index (χ1) is 7.63. The molecule has 1 aliphatic rings. The van der Waals surface area contributed by atoms with Crippen molar-refractivity contribution in [2.75, 3.05) is 25.9 Å². The number of nitrogens with two attached hydrogens (primary N) is 1. The van der Waals surface area contributed by atoms with Gasteiger partial charge in [0.2, 0.25) is 0 Å². The second kappa shape index (κ2) is 6.67. The van der Waals surface area contributed by atoms with Crippen LogP contribution < -0.4 is 11.1 Å². The van der Waals surface area contributed by atoms with Gasteiger partial charge >= 0.3 is 7.60 Å². The Morgan fingerprint density at radius 1 is 1.50 bits per heavy atom. The number of nitrogens with one attached hydrogen (secondary N) is 1. The smallest absolute Gasteiger partial charge is 0.336 e. The summed E-state index contributed by atoms with van der Waals surface area (Å²) in [5.74, 6) is 0. The molecule has 0 aromatic heterocycles. The molecule has 0 aromatic carbocycles. The van der Waals surface area contributed by atoms with Gasteiger partial charge in [0.1, 0.15) is 0 Å². The Hall–Kier alpha value is -0.0000000000000000486. The van der Waals surface area contributed by atoms with E-state index in [1.54, 1.807) is 25.6 Å². The monoisotopic (exact) mass is 266 g/mol. The molecule has 1 atom stereocenters. The Bertz CT molecular complexity index is 288. The van der Waals surface area contributed by atoms with Crippen LogP contribution in [-0.2, 0) is 13.6 Å². The molecule has 1 rings (SSSR count). The fourth-order valence-corrected chi connectivity index (χ4v) is 3.94. The van der Waals surface area contributed by atoms with E-state index in [0.29, 0.717) is 19.8 Å². The van der Waals surface area contributed by atoms with Gasteiger partial charge in [-0.25, -0.2) is 0 Å². The molecule has 0 bridgehead atoms. The van der Waals surface area contributed by atoms with Gasteiger partial charge in [0.05, 0.1) is 24.7 Å². The summed E-state index contributed by atoms with van der Waals surface area (Å²) < 4.78 is 22.6. The van der Waals surface area contributed by atoms with Crippen molar-refractivity contribution >= 4 is 19.4 Å². The van der Waals surface area contributed by atoms with Gasteiger partial charge in [0.15, 0.2) is 0 Å². The molecule has 0 saturated carbocycles. The van der Waals surface area contributed by atoms with Crippen LogP contribution in [0.25, 0.3) is 0 Å². The molecule has 1 heterocycles. The minimum atomic E-state index is -2.99. The Labute approximate surface area is 101 Å². The molecule has 94 valence electrons. The lowest BCUT2D eigenvalue weighted by Gasteiger charge is -2.18. The highest BCUT2D eigenvalue weighted by atomic mass is 32.2. The molecular formula is C9H19N2O3PS. The SMILES string of the molecule is CCOP(=O)(CC1=CSC(CN)N1)OCC. The number of hydrogen-bond donors (Lipinski definition) is 2. The summed E-state index contributed by atoms with van der Waals surface area (Å²) >= 11 is 1.60. The van der Waals surface area contributed by atoms with Crippen LogP contribution in [0.1, 0.15) is 13.8 Å². The van der Waals surface area contributed by atoms with E-state index < -0.39 is 7.60 Å². The van der Waals surface area contributed by atoms with Crippen molar-refractivity contribution < 1.29 is 13.6 Å². The van der Waals surface area contributed by atoms with Crippen molar-refractivity contribution in [2.24, 2.45) is 5.73 Å². The van der Waals surface area contributed by atoms with Crippen molar-refractivity contribution in [3.8, 4) is 0 Å². The molecule has 0 fully saturated rings. The lowest BCUT2D eigenvalue weighted by Crippen LogP contribution is -2.29. The quantitative estimate of drug-likeness (QED) is 0.683. The average molecular weight is 266 g/mol. The molecule has 1 aliphatic heterocycles. The first kappa shape index (κ1) is 14.1. The molecule has 7 heteroatoms. The van der Waals surface area contributed by atoms with E-state index in [4.69, 9.17) is 14.8 Å². The van der Waals surface area contributed by atoms with E-state index >= 15 is 0 Å². The summed E-state index contributed by atoms with van der Waals surface area (Å²) in [4.78, 5) is 0. The number of hydrogen-bond acceptors (Lipinski definition) is 6. The molecule has 0 aliphatic carbocycles. The van der Waals surface area contributed by atoms with E-state index in [1.807, 2.05) is 5.41 Å². The fourth-order valence-electron chi connectivity index (χ4n) is 1.37. The van der Waals surface area contributed by atoms with Gasteiger partial charge in [-0.2, -0.15) is 0 Å². The van der Waals surface area contributed by atoms with E-state index in [0.717, 1.165) is 5.70 Å². The zero-order valence-electron chi connectivity index (χ0n) is 9.64. The normalized spacial score (nSPS) is 20.7. The molecule has 0 saturated heterocycles. The number of thioether (sulfide) groups is 1. The van der Waals surface area contributed by atoms with Crippen LogP contribution in [-0.4, -0.2) is 31.3 Å². The zero-order chi connectivity index (χ0) is 12.0. The Morgan fingerprint density at radius 2 is 2.12 bits per heavy atom. The molecular weight excluding hydrogens is 247 g/mol. The second-order valence-corrected chi connectivity index (χ2v) is 6.38. The summed E-state index contributed by atoms with van der Waals surface area (Å²) in [6.45, 7) is 4.92. The number of rotatable bonds is 7. The predicted molar refractivity (Wildman–Crippen MR) is 67.4 cm³/mol. The lowest BCUT2D eigenvalue weighted by atomic mass is 10.5. The van der Waals surface area contributed by atoms with Gasteiger partial charge in [-0.15, -0.1) is 11.8 Å². The lowest BCUT2D eigenvalue weighted by molar-refractivity contribution is 0.221. The van der Waals surface area contributed by atoms with E-state index in [9.17, 15) is 4.57 Å². The highest BCUT2D eigenvalue weighted by Crippen LogP contribution is 2.50. The summed E-state index contributed by atoms with van der Waals surface area (Å²) in [5, 5.41) is 5.29. The Morgan fingerprint density at radius 3 is 2.56 bits per heavy atom. The summed E-state index contributed by atoms with van der Waals surface area (Å²) in [6.07, 6.45) is 0.290. The third-order valence-electron chi connectivity index (χ3n) is 1.95. The molecule has 0 aromatic rings. The van der Waals surface area contributed by atoms with Crippen LogP contribution in [0.2, 0.25) is 0 Å². The predicted octanol–water partition coefficient (Wildman–Crippen LogP) is 1.72. The van der Waals surface area contributed by atoms with Crippen molar-refractivity contribution in [3.63, 3.8) is 0 Å². The highest BCUT2D eigenvalue weighted by molar-refractivity contribution is 8.03. The van der Waals surface area contributed by atoms with Gasteiger partial charge in [-0.05, 0) is 19.3 Å². The first-order valence-electron chi connectivity index (χ1n) is 5.32. The van der Waals surface area contributed by atoms with Gasteiger partial charge < -0.3 is 20.1 Å². The largest absolute Gasteiger partial charge is 0.374 e. The third kappa shape index (κ3) is 4.11. The van der Waals surface area contributed by atoms with Gasteiger partial charge in [-0.3, -0.25) is 4.57 Å². The molecule has 0 spiro atoms. The van der Waals surface area contributed by atoms with Gasteiger partial charge in [0.25, 0.3) is 0 Å². The second-order valence-electron chi connectivity index (χ2n) is 3.25.